The number of rotatable bonds is 3. The van der Waals surface area contributed by atoms with E-state index in [4.69, 9.17) is 24.3 Å². The molecule has 0 radical (unpaired) electrons. The molecular weight excluding hydrogens is 496 g/mol. The lowest BCUT2D eigenvalue weighted by Crippen LogP contribution is -2.45. The molecular formula is C30H38N4O5. The van der Waals surface area contributed by atoms with Crippen LogP contribution in [0.2, 0.25) is 0 Å². The molecule has 1 N–H and O–H groups in total. The first-order valence-corrected chi connectivity index (χ1v) is 13.6. The van der Waals surface area contributed by atoms with E-state index in [9.17, 15) is 9.90 Å². The van der Waals surface area contributed by atoms with E-state index in [0.717, 1.165) is 30.6 Å². The number of carboxylic acid groups (broad SMARTS) is 1. The number of hydrogen-bond acceptors (Lipinski definition) is 7. The Morgan fingerprint density at radius 1 is 1.21 bits per heavy atom. The van der Waals surface area contributed by atoms with Gasteiger partial charge in [0.05, 0.1) is 23.4 Å². The van der Waals surface area contributed by atoms with Crippen LogP contribution >= 0.6 is 0 Å². The molecule has 6 rings (SSSR count). The fraction of sp³-hybridized carbons (Fsp3) is 0.500. The number of carboxylic acids is 1. The smallest absolute Gasteiger partial charge is 0.337 e. The molecule has 5 heterocycles. The number of benzene rings is 1. The molecule has 1 fully saturated rings. The first-order valence-electron chi connectivity index (χ1n) is 13.6. The van der Waals surface area contributed by atoms with Crippen LogP contribution in [0.5, 0.6) is 5.75 Å². The summed E-state index contributed by atoms with van der Waals surface area (Å²) >= 11 is 0. The van der Waals surface area contributed by atoms with Gasteiger partial charge in [-0.2, -0.15) is 9.61 Å². The third-order valence-corrected chi connectivity index (χ3v) is 7.26. The number of ether oxygens (including phenoxy) is 3. The topological polar surface area (TPSA) is 98.4 Å². The van der Waals surface area contributed by atoms with Crippen LogP contribution in [0.1, 0.15) is 75.6 Å². The van der Waals surface area contributed by atoms with Crippen molar-refractivity contribution in [2.45, 2.75) is 77.8 Å². The van der Waals surface area contributed by atoms with Crippen molar-refractivity contribution in [1.82, 2.24) is 14.6 Å². The Labute approximate surface area is 229 Å². The largest absolute Gasteiger partial charge is 0.487 e. The first kappa shape index (κ1) is 27.1. The van der Waals surface area contributed by atoms with Gasteiger partial charge in [0.1, 0.15) is 23.9 Å². The van der Waals surface area contributed by atoms with Crippen molar-refractivity contribution in [2.24, 2.45) is 0 Å². The molecule has 3 aliphatic rings. The normalized spacial score (nSPS) is 18.5. The zero-order valence-electron chi connectivity index (χ0n) is 23.4. The van der Waals surface area contributed by atoms with Crippen molar-refractivity contribution in [3.05, 3.63) is 58.9 Å². The van der Waals surface area contributed by atoms with E-state index in [1.807, 2.05) is 58.0 Å². The summed E-state index contributed by atoms with van der Waals surface area (Å²) in [7, 11) is 0. The molecule has 0 saturated carbocycles. The molecule has 0 aliphatic carbocycles. The summed E-state index contributed by atoms with van der Waals surface area (Å²) in [5.74, 6) is 0.411. The van der Waals surface area contributed by atoms with Crippen LogP contribution in [0, 0.1) is 6.92 Å². The van der Waals surface area contributed by atoms with Gasteiger partial charge in [-0.05, 0) is 59.9 Å². The van der Waals surface area contributed by atoms with Crippen molar-refractivity contribution in [2.75, 3.05) is 24.6 Å². The molecule has 9 heteroatoms. The molecule has 1 aromatic carbocycles. The zero-order valence-corrected chi connectivity index (χ0v) is 23.4. The lowest BCUT2D eigenvalue weighted by atomic mass is 9.92. The Morgan fingerprint density at radius 3 is 2.67 bits per heavy atom. The predicted octanol–water partition coefficient (Wildman–Crippen LogP) is 5.35. The van der Waals surface area contributed by atoms with E-state index in [1.54, 1.807) is 4.52 Å². The molecule has 39 heavy (non-hydrogen) atoms. The Morgan fingerprint density at radius 2 is 1.95 bits per heavy atom. The van der Waals surface area contributed by atoms with Gasteiger partial charge in [0.2, 0.25) is 0 Å². The van der Waals surface area contributed by atoms with Gasteiger partial charge in [-0.3, -0.25) is 0 Å². The second-order valence-electron chi connectivity index (χ2n) is 11.6. The number of piperidine rings is 1. The molecule has 4 bridgehead atoms. The number of anilines is 1. The molecule has 0 spiro atoms. The number of fused-ring (bicyclic) bond motifs is 6. The van der Waals surface area contributed by atoms with E-state index in [-0.39, 0.29) is 12.2 Å². The highest BCUT2D eigenvalue weighted by Crippen LogP contribution is 2.38. The molecule has 1 unspecified atom stereocenters. The Hall–Kier alpha value is -3.43. The fourth-order valence-electron chi connectivity index (χ4n) is 5.25. The van der Waals surface area contributed by atoms with Crippen LogP contribution in [0.3, 0.4) is 0 Å². The summed E-state index contributed by atoms with van der Waals surface area (Å²) < 4.78 is 20.4. The van der Waals surface area contributed by atoms with E-state index in [2.05, 4.69) is 24.0 Å². The number of aromatic nitrogens is 3. The Bertz CT molecular complexity index is 1380. The maximum absolute atomic E-state index is 12.6. The summed E-state index contributed by atoms with van der Waals surface area (Å²) in [6, 6.07) is 9.81. The number of carbonyl (C=O) groups is 1. The highest BCUT2D eigenvalue weighted by atomic mass is 16.5. The van der Waals surface area contributed by atoms with Crippen molar-refractivity contribution in [3.63, 3.8) is 0 Å². The third-order valence-electron chi connectivity index (χ3n) is 7.26. The van der Waals surface area contributed by atoms with Crippen LogP contribution in [-0.2, 0) is 20.9 Å². The Balaban J connectivity index is 1.64. The van der Waals surface area contributed by atoms with Crippen LogP contribution in [0.25, 0.3) is 11.7 Å². The van der Waals surface area contributed by atoms with E-state index in [1.165, 1.54) is 0 Å². The maximum atomic E-state index is 12.6. The highest BCUT2D eigenvalue weighted by Gasteiger charge is 2.37. The molecule has 1 atom stereocenters. The minimum atomic E-state index is -1.20. The van der Waals surface area contributed by atoms with Crippen molar-refractivity contribution in [1.29, 1.82) is 0 Å². The molecule has 0 amide bonds. The highest BCUT2D eigenvalue weighted by molar-refractivity contribution is 5.78. The SMILES string of the molecule is Cc1nc2cc3nn2c(c1C(OC(C)(C)C)C(=O)O)N1CCC(C)(CC1)OCCC=Cc1ccccc1OC3. The van der Waals surface area contributed by atoms with E-state index in [0.29, 0.717) is 48.1 Å². The van der Waals surface area contributed by atoms with Crippen molar-refractivity contribution < 1.29 is 24.1 Å². The molecule has 1 saturated heterocycles. The lowest BCUT2D eigenvalue weighted by Gasteiger charge is -2.41. The van der Waals surface area contributed by atoms with Gasteiger partial charge in [-0.15, -0.1) is 0 Å². The standard InChI is InChI=1S/C30H38N4O5/c1-20-25(26(28(35)36)39-29(2,3)4)27-33-15-13-30(5,14-16-33)38-17-9-8-11-21-10-6-7-12-23(21)37-19-22-18-24(31-20)34(27)32-22/h6-8,10-12,18,26H,9,13-17,19H2,1-5H3,(H,35,36). The summed E-state index contributed by atoms with van der Waals surface area (Å²) in [4.78, 5) is 19.6. The van der Waals surface area contributed by atoms with E-state index >= 15 is 0 Å². The number of aliphatic carboxylic acids is 1. The average molecular weight is 535 g/mol. The predicted molar refractivity (Wildman–Crippen MR) is 149 cm³/mol. The molecule has 3 aliphatic heterocycles. The molecule has 2 aromatic heterocycles. The molecule has 3 aromatic rings. The van der Waals surface area contributed by atoms with Gasteiger partial charge in [0.15, 0.2) is 11.8 Å². The fourth-order valence-corrected chi connectivity index (χ4v) is 5.25. The van der Waals surface area contributed by atoms with Crippen LogP contribution in [0.4, 0.5) is 5.82 Å². The van der Waals surface area contributed by atoms with Crippen LogP contribution in [0.15, 0.2) is 36.4 Å². The summed E-state index contributed by atoms with van der Waals surface area (Å²) in [6.07, 6.45) is 5.40. The van der Waals surface area contributed by atoms with Gasteiger partial charge in [0.25, 0.3) is 0 Å². The third kappa shape index (κ3) is 5.94. The van der Waals surface area contributed by atoms with Gasteiger partial charge in [-0.25, -0.2) is 9.78 Å². The average Bonchev–Trinajstić information content (AvgIpc) is 3.28. The van der Waals surface area contributed by atoms with Gasteiger partial charge in [-0.1, -0.05) is 30.4 Å². The van der Waals surface area contributed by atoms with Crippen molar-refractivity contribution >= 4 is 23.5 Å². The number of aryl methyl sites for hydroxylation is 1. The van der Waals surface area contributed by atoms with Gasteiger partial charge in [0, 0.05) is 30.4 Å². The van der Waals surface area contributed by atoms with Gasteiger partial charge < -0.3 is 24.2 Å². The molecule has 208 valence electrons. The van der Waals surface area contributed by atoms with E-state index < -0.39 is 17.7 Å². The first-order chi connectivity index (χ1) is 18.5. The number of hydrogen-bond donors (Lipinski definition) is 1. The number of para-hydroxylation sites is 1. The monoisotopic (exact) mass is 534 g/mol. The summed E-state index contributed by atoms with van der Waals surface area (Å²) in [5, 5.41) is 15.2. The summed E-state index contributed by atoms with van der Waals surface area (Å²) in [6.45, 7) is 11.8. The zero-order chi connectivity index (χ0) is 27.8. The lowest BCUT2D eigenvalue weighted by molar-refractivity contribution is -0.160. The van der Waals surface area contributed by atoms with Crippen LogP contribution in [-0.4, -0.2) is 56.6 Å². The second-order valence-corrected chi connectivity index (χ2v) is 11.6. The summed E-state index contributed by atoms with van der Waals surface area (Å²) in [5.41, 5.74) is 2.54. The maximum Gasteiger partial charge on any atom is 0.337 e. The quantitative estimate of drug-likeness (QED) is 0.480. The Kier molecular flexibility index (Phi) is 7.39. The van der Waals surface area contributed by atoms with Crippen molar-refractivity contribution in [3.8, 4) is 5.75 Å². The second kappa shape index (κ2) is 10.6. The number of nitrogens with zero attached hydrogens (tertiary/aromatic N) is 4. The molecule has 9 nitrogen and oxygen atoms in total. The minimum Gasteiger partial charge on any atom is -0.487 e. The van der Waals surface area contributed by atoms with Gasteiger partial charge >= 0.3 is 5.97 Å². The van der Waals surface area contributed by atoms with Crippen LogP contribution < -0.4 is 9.64 Å². The minimum absolute atomic E-state index is 0.254.